The normalized spacial score (nSPS) is 12.1. The largest absolute Gasteiger partial charge is 0.480 e. The molecule has 0 aromatic heterocycles. The Bertz CT molecular complexity index is 685. The highest BCUT2D eigenvalue weighted by atomic mass is 16.4. The third kappa shape index (κ3) is 27.1. The number of hydrogen-bond donors (Lipinski definition) is 4. The monoisotopic (exact) mass is 573 g/mol. The molecule has 238 valence electrons. The maximum absolute atomic E-state index is 11.4. The molecule has 0 radical (unpaired) electrons. The number of amides is 3. The lowest BCUT2D eigenvalue weighted by atomic mass is 10.0. The summed E-state index contributed by atoms with van der Waals surface area (Å²) in [7, 11) is 0. The van der Waals surface area contributed by atoms with Crippen LogP contribution in [0.1, 0.15) is 117 Å². The van der Waals surface area contributed by atoms with E-state index >= 15 is 0 Å². The van der Waals surface area contributed by atoms with Crippen molar-refractivity contribution in [2.75, 3.05) is 6.54 Å². The Hall–Kier alpha value is -2.45. The zero-order chi connectivity index (χ0) is 31.5. The minimum Gasteiger partial charge on any atom is -0.480 e. The minimum atomic E-state index is -0.965. The third-order valence-electron chi connectivity index (χ3n) is 5.43. The summed E-state index contributed by atoms with van der Waals surface area (Å²) in [6.45, 7) is 25.5. The Morgan fingerprint density at radius 1 is 0.575 bits per heavy atom. The van der Waals surface area contributed by atoms with E-state index in [1.165, 1.54) is 6.92 Å². The molecular weight excluding hydrogens is 510 g/mol. The zero-order valence-electron chi connectivity index (χ0n) is 26.9. The average molecular weight is 574 g/mol. The summed E-state index contributed by atoms with van der Waals surface area (Å²) < 4.78 is 0. The first-order valence-electron chi connectivity index (χ1n) is 14.3. The first-order chi connectivity index (χ1) is 17.7. The van der Waals surface area contributed by atoms with Gasteiger partial charge in [0.1, 0.15) is 6.04 Å². The number of rotatable bonds is 14. The van der Waals surface area contributed by atoms with Crippen LogP contribution < -0.4 is 16.0 Å². The smallest absolute Gasteiger partial charge is 0.326 e. The lowest BCUT2D eigenvalue weighted by Gasteiger charge is -2.19. The van der Waals surface area contributed by atoms with Gasteiger partial charge in [-0.2, -0.15) is 0 Å². The fourth-order valence-electron chi connectivity index (χ4n) is 2.86. The summed E-state index contributed by atoms with van der Waals surface area (Å²) in [6.07, 6.45) is 2.25. The fourth-order valence-corrected chi connectivity index (χ4v) is 2.86. The lowest BCUT2D eigenvalue weighted by Crippen LogP contribution is -2.43. The predicted octanol–water partition coefficient (Wildman–Crippen LogP) is 5.46. The highest BCUT2D eigenvalue weighted by Crippen LogP contribution is 2.07. The van der Waals surface area contributed by atoms with Crippen molar-refractivity contribution in [1.29, 1.82) is 0 Å². The second kappa shape index (κ2) is 24.4. The van der Waals surface area contributed by atoms with E-state index in [4.69, 9.17) is 5.11 Å². The van der Waals surface area contributed by atoms with Crippen molar-refractivity contribution in [1.82, 2.24) is 16.0 Å². The van der Waals surface area contributed by atoms with Crippen LogP contribution >= 0.6 is 0 Å². The van der Waals surface area contributed by atoms with Gasteiger partial charge < -0.3 is 21.1 Å². The number of ketones is 1. The standard InChI is InChI=1S/C11H21NO2.C10H19NO3.C9H19NO.CH4/c1-7(2)6-10(9(5)13)12-11(14)8(3)4;1-6(2)5-8(10(13)14)11-9(12)7(3)4;1-7(2)5-6-10-9(11)8(3)4;/h7-8,10H,6H2,1-5H3,(H,12,14);6-8H,5H2,1-4H3,(H,11,12)(H,13,14);7-8H,5-6H2,1-4H3,(H,10,11);1H4. The topological polar surface area (TPSA) is 142 Å². The second-order valence-corrected chi connectivity index (χ2v) is 12.3. The van der Waals surface area contributed by atoms with Crippen molar-refractivity contribution >= 4 is 29.5 Å². The molecule has 40 heavy (non-hydrogen) atoms. The number of carbonyl (C=O) groups excluding carboxylic acids is 4. The molecule has 0 saturated carbocycles. The Labute approximate surface area is 245 Å². The van der Waals surface area contributed by atoms with Gasteiger partial charge in [0.15, 0.2) is 5.78 Å². The molecule has 0 rings (SSSR count). The molecule has 2 atom stereocenters. The summed E-state index contributed by atoms with van der Waals surface area (Å²) in [5.74, 6) is 0.174. The van der Waals surface area contributed by atoms with Crippen LogP contribution in [-0.2, 0) is 24.0 Å². The van der Waals surface area contributed by atoms with E-state index in [9.17, 15) is 24.0 Å². The van der Waals surface area contributed by atoms with Gasteiger partial charge in [-0.3, -0.25) is 19.2 Å². The SMILES string of the molecule is C.CC(=O)C(CC(C)C)NC(=O)C(C)C.CC(C)CC(NC(=O)C(C)C)C(=O)O.CC(C)CCNC(=O)C(C)C. The quantitative estimate of drug-likeness (QED) is 0.217. The van der Waals surface area contributed by atoms with Gasteiger partial charge in [0.2, 0.25) is 17.7 Å². The number of hydrogen-bond acceptors (Lipinski definition) is 5. The molecule has 0 fully saturated rings. The lowest BCUT2D eigenvalue weighted by molar-refractivity contribution is -0.142. The van der Waals surface area contributed by atoms with Crippen LogP contribution in [0.15, 0.2) is 0 Å². The van der Waals surface area contributed by atoms with Crippen molar-refractivity contribution in [3.63, 3.8) is 0 Å². The van der Waals surface area contributed by atoms with Crippen LogP contribution in [0.2, 0.25) is 0 Å². The van der Waals surface area contributed by atoms with Crippen LogP contribution in [0.25, 0.3) is 0 Å². The summed E-state index contributed by atoms with van der Waals surface area (Å²) in [5, 5.41) is 17.0. The number of aliphatic carboxylic acids is 1. The highest BCUT2D eigenvalue weighted by Gasteiger charge is 2.22. The van der Waals surface area contributed by atoms with Gasteiger partial charge in [-0.05, 0) is 43.9 Å². The molecule has 0 heterocycles. The summed E-state index contributed by atoms with van der Waals surface area (Å²) in [6, 6.07) is -1.07. The van der Waals surface area contributed by atoms with Crippen LogP contribution in [0.5, 0.6) is 0 Å². The molecule has 0 aliphatic rings. The van der Waals surface area contributed by atoms with E-state index in [1.807, 2.05) is 55.4 Å². The average Bonchev–Trinajstić information content (AvgIpc) is 2.77. The third-order valence-corrected chi connectivity index (χ3v) is 5.43. The Morgan fingerprint density at radius 2 is 0.925 bits per heavy atom. The van der Waals surface area contributed by atoms with E-state index in [2.05, 4.69) is 29.8 Å². The Morgan fingerprint density at radius 3 is 1.20 bits per heavy atom. The van der Waals surface area contributed by atoms with Crippen LogP contribution in [0, 0.1) is 35.5 Å². The van der Waals surface area contributed by atoms with E-state index in [0.29, 0.717) is 24.7 Å². The molecule has 0 aromatic carbocycles. The predicted molar refractivity (Wildman–Crippen MR) is 165 cm³/mol. The summed E-state index contributed by atoms with van der Waals surface area (Å²) >= 11 is 0. The Balaban J connectivity index is -0.000000242. The second-order valence-electron chi connectivity index (χ2n) is 12.3. The molecule has 0 aliphatic carbocycles. The van der Waals surface area contributed by atoms with Crippen molar-refractivity contribution in [3.05, 3.63) is 0 Å². The number of nitrogens with one attached hydrogen (secondary N) is 3. The molecule has 9 nitrogen and oxygen atoms in total. The first-order valence-corrected chi connectivity index (χ1v) is 14.3. The summed E-state index contributed by atoms with van der Waals surface area (Å²) in [4.78, 5) is 55.7. The number of carboxylic acids is 1. The van der Waals surface area contributed by atoms with Gasteiger partial charge in [-0.15, -0.1) is 0 Å². The first kappa shape index (κ1) is 44.6. The van der Waals surface area contributed by atoms with Gasteiger partial charge in [-0.25, -0.2) is 4.79 Å². The van der Waals surface area contributed by atoms with Crippen LogP contribution in [-0.4, -0.2) is 53.2 Å². The highest BCUT2D eigenvalue weighted by molar-refractivity contribution is 5.88. The van der Waals surface area contributed by atoms with Gasteiger partial charge in [0.25, 0.3) is 0 Å². The number of Topliss-reactive ketones (excluding diaryl/α,β-unsaturated/α-hetero) is 1. The molecule has 9 heteroatoms. The molecule has 0 spiro atoms. The van der Waals surface area contributed by atoms with Crippen LogP contribution in [0.3, 0.4) is 0 Å². The number of carbonyl (C=O) groups is 5. The molecule has 0 saturated heterocycles. The van der Waals surface area contributed by atoms with Crippen molar-refractivity contribution in [3.8, 4) is 0 Å². The maximum Gasteiger partial charge on any atom is 0.326 e. The van der Waals surface area contributed by atoms with Gasteiger partial charge in [0, 0.05) is 24.3 Å². The molecule has 2 unspecified atom stereocenters. The van der Waals surface area contributed by atoms with Gasteiger partial charge in [0.05, 0.1) is 6.04 Å². The van der Waals surface area contributed by atoms with Crippen LogP contribution in [0.4, 0.5) is 0 Å². The molecular formula is C31H63N3O6. The number of carboxylic acid groups (broad SMARTS) is 1. The Kier molecular flexibility index (Phi) is 27.1. The van der Waals surface area contributed by atoms with E-state index in [1.54, 1.807) is 13.8 Å². The molecule has 0 aliphatic heterocycles. The van der Waals surface area contributed by atoms with E-state index < -0.39 is 12.0 Å². The summed E-state index contributed by atoms with van der Waals surface area (Å²) in [5.41, 5.74) is 0. The van der Waals surface area contributed by atoms with E-state index in [0.717, 1.165) is 13.0 Å². The van der Waals surface area contributed by atoms with Gasteiger partial charge >= 0.3 is 5.97 Å². The fraction of sp³-hybridized carbons (Fsp3) is 0.839. The molecule has 3 amide bonds. The zero-order valence-corrected chi connectivity index (χ0v) is 26.9. The molecule has 0 bridgehead atoms. The minimum absolute atomic E-state index is 0. The van der Waals surface area contributed by atoms with Crippen molar-refractivity contribution in [2.24, 2.45) is 35.5 Å². The maximum atomic E-state index is 11.4. The molecule has 4 N–H and O–H groups in total. The molecule has 0 aromatic rings. The van der Waals surface area contributed by atoms with Crippen molar-refractivity contribution < 1.29 is 29.1 Å². The van der Waals surface area contributed by atoms with E-state index in [-0.39, 0.29) is 60.6 Å². The van der Waals surface area contributed by atoms with Crippen molar-refractivity contribution in [2.45, 2.75) is 129 Å². The van der Waals surface area contributed by atoms with Gasteiger partial charge in [-0.1, -0.05) is 90.5 Å².